The van der Waals surface area contributed by atoms with Crippen molar-refractivity contribution in [1.29, 1.82) is 0 Å². The lowest BCUT2D eigenvalue weighted by atomic mass is 10.1. The number of carbonyl (C=O) groups excluding carboxylic acids is 1. The first kappa shape index (κ1) is 17.5. The van der Waals surface area contributed by atoms with Gasteiger partial charge in [0.1, 0.15) is 12.4 Å². The van der Waals surface area contributed by atoms with E-state index in [0.717, 1.165) is 11.3 Å². The molecule has 0 aliphatic rings. The van der Waals surface area contributed by atoms with Crippen molar-refractivity contribution in [3.05, 3.63) is 69.8 Å². The molecule has 0 aromatic heterocycles. The van der Waals surface area contributed by atoms with E-state index in [1.165, 1.54) is 11.0 Å². The van der Waals surface area contributed by atoms with Crippen LogP contribution in [0.3, 0.4) is 0 Å². The van der Waals surface area contributed by atoms with Crippen LogP contribution in [-0.2, 0) is 11.2 Å². The van der Waals surface area contributed by atoms with E-state index in [-0.39, 0.29) is 18.0 Å². The summed E-state index contributed by atoms with van der Waals surface area (Å²) in [6.07, 6.45) is -0.00189. The molecule has 6 heteroatoms. The van der Waals surface area contributed by atoms with Crippen molar-refractivity contribution in [3.63, 3.8) is 0 Å². The molecule has 0 saturated carbocycles. The van der Waals surface area contributed by atoms with Gasteiger partial charge >= 0.3 is 0 Å². The van der Waals surface area contributed by atoms with Gasteiger partial charge in [0.25, 0.3) is 5.69 Å². The summed E-state index contributed by atoms with van der Waals surface area (Å²) in [5.41, 5.74) is 1.49. The molecule has 0 unspecified atom stereocenters. The summed E-state index contributed by atoms with van der Waals surface area (Å²) in [7, 11) is 1.66. The van der Waals surface area contributed by atoms with E-state index in [1.807, 2.05) is 31.2 Å². The third-order valence-electron chi connectivity index (χ3n) is 3.64. The number of carbonyl (C=O) groups is 1. The van der Waals surface area contributed by atoms with Crippen LogP contribution in [0.5, 0.6) is 5.75 Å². The number of aryl methyl sites for hydroxylation is 1. The Bertz CT molecular complexity index is 730. The van der Waals surface area contributed by atoms with Crippen molar-refractivity contribution in [1.82, 2.24) is 4.90 Å². The molecule has 126 valence electrons. The van der Waals surface area contributed by atoms with Crippen LogP contribution in [0.25, 0.3) is 0 Å². The SMILES string of the molecule is Cc1cccc(OCCN(C)C(=O)Cc2ccccc2[N+](=O)[O-])c1. The van der Waals surface area contributed by atoms with Gasteiger partial charge in [-0.3, -0.25) is 14.9 Å². The molecule has 2 aromatic carbocycles. The van der Waals surface area contributed by atoms with Gasteiger partial charge in [-0.05, 0) is 24.6 Å². The number of nitro groups is 1. The number of likely N-dealkylation sites (N-methyl/N-ethyl adjacent to an activating group) is 1. The molecule has 0 aliphatic heterocycles. The quantitative estimate of drug-likeness (QED) is 0.578. The van der Waals surface area contributed by atoms with Gasteiger partial charge in [0.2, 0.25) is 5.91 Å². The molecule has 2 aromatic rings. The summed E-state index contributed by atoms with van der Waals surface area (Å²) in [6.45, 7) is 2.76. The highest BCUT2D eigenvalue weighted by molar-refractivity contribution is 5.79. The number of hydrogen-bond acceptors (Lipinski definition) is 4. The molecule has 0 fully saturated rings. The van der Waals surface area contributed by atoms with Crippen LogP contribution in [0.1, 0.15) is 11.1 Å². The zero-order valence-electron chi connectivity index (χ0n) is 13.8. The molecule has 24 heavy (non-hydrogen) atoms. The summed E-state index contributed by atoms with van der Waals surface area (Å²) in [6, 6.07) is 14.0. The van der Waals surface area contributed by atoms with Gasteiger partial charge in [-0.1, -0.05) is 30.3 Å². The van der Waals surface area contributed by atoms with Gasteiger partial charge in [-0.25, -0.2) is 0 Å². The van der Waals surface area contributed by atoms with Gasteiger partial charge in [0.15, 0.2) is 0 Å². The van der Waals surface area contributed by atoms with Crippen LogP contribution in [0, 0.1) is 17.0 Å². The maximum absolute atomic E-state index is 12.2. The molecule has 0 N–H and O–H groups in total. The highest BCUT2D eigenvalue weighted by Crippen LogP contribution is 2.18. The first-order chi connectivity index (χ1) is 11.5. The molecule has 1 amide bonds. The van der Waals surface area contributed by atoms with Gasteiger partial charge < -0.3 is 9.64 Å². The molecular formula is C18H20N2O4. The fraction of sp³-hybridized carbons (Fsp3) is 0.278. The minimum atomic E-state index is -0.469. The number of rotatable bonds is 7. The molecule has 0 spiro atoms. The summed E-state index contributed by atoms with van der Waals surface area (Å²) in [5, 5.41) is 11.0. The van der Waals surface area contributed by atoms with Crippen molar-refractivity contribution >= 4 is 11.6 Å². The van der Waals surface area contributed by atoms with Crippen LogP contribution < -0.4 is 4.74 Å². The van der Waals surface area contributed by atoms with Crippen molar-refractivity contribution in [2.45, 2.75) is 13.3 Å². The summed E-state index contributed by atoms with van der Waals surface area (Å²) in [4.78, 5) is 24.3. The number of nitrogens with zero attached hydrogens (tertiary/aromatic N) is 2. The lowest BCUT2D eigenvalue weighted by molar-refractivity contribution is -0.385. The Morgan fingerprint density at radius 2 is 1.96 bits per heavy atom. The fourth-order valence-corrected chi connectivity index (χ4v) is 2.27. The largest absolute Gasteiger partial charge is 0.492 e. The third-order valence-corrected chi connectivity index (χ3v) is 3.64. The van der Waals surface area contributed by atoms with Crippen LogP contribution in [0.2, 0.25) is 0 Å². The Kier molecular flexibility index (Phi) is 5.89. The van der Waals surface area contributed by atoms with Crippen molar-refractivity contribution in [2.24, 2.45) is 0 Å². The number of para-hydroxylation sites is 1. The predicted molar refractivity (Wildman–Crippen MR) is 91.1 cm³/mol. The molecule has 0 radical (unpaired) electrons. The topological polar surface area (TPSA) is 72.7 Å². The van der Waals surface area contributed by atoms with Crippen LogP contribution >= 0.6 is 0 Å². The number of nitro benzene ring substituents is 1. The van der Waals surface area contributed by atoms with E-state index < -0.39 is 4.92 Å². The highest BCUT2D eigenvalue weighted by Gasteiger charge is 2.17. The monoisotopic (exact) mass is 328 g/mol. The molecule has 0 aliphatic carbocycles. The Hall–Kier alpha value is -2.89. The van der Waals surface area contributed by atoms with Crippen LogP contribution in [0.4, 0.5) is 5.69 Å². The van der Waals surface area contributed by atoms with Crippen LogP contribution in [-0.4, -0.2) is 35.9 Å². The normalized spacial score (nSPS) is 10.2. The Balaban J connectivity index is 1.87. The van der Waals surface area contributed by atoms with Crippen molar-refractivity contribution in [3.8, 4) is 5.75 Å². The maximum Gasteiger partial charge on any atom is 0.273 e. The molecule has 0 bridgehead atoms. The number of amides is 1. The second kappa shape index (κ2) is 8.10. The zero-order chi connectivity index (χ0) is 17.5. The van der Waals surface area contributed by atoms with Crippen LogP contribution in [0.15, 0.2) is 48.5 Å². The maximum atomic E-state index is 12.2. The summed E-state index contributed by atoms with van der Waals surface area (Å²) < 4.78 is 5.62. The van der Waals surface area contributed by atoms with Gasteiger partial charge in [-0.2, -0.15) is 0 Å². The first-order valence-corrected chi connectivity index (χ1v) is 7.63. The molecular weight excluding hydrogens is 308 g/mol. The van der Waals surface area contributed by atoms with E-state index in [9.17, 15) is 14.9 Å². The van der Waals surface area contributed by atoms with E-state index in [4.69, 9.17) is 4.74 Å². The van der Waals surface area contributed by atoms with Crippen molar-refractivity contribution in [2.75, 3.05) is 20.2 Å². The highest BCUT2D eigenvalue weighted by atomic mass is 16.6. The van der Waals surface area contributed by atoms with E-state index in [0.29, 0.717) is 18.7 Å². The smallest absolute Gasteiger partial charge is 0.273 e. The minimum Gasteiger partial charge on any atom is -0.492 e. The van der Waals surface area contributed by atoms with Gasteiger partial charge in [0, 0.05) is 18.7 Å². The lowest BCUT2D eigenvalue weighted by Crippen LogP contribution is -2.32. The average molecular weight is 328 g/mol. The standard InChI is InChI=1S/C18H20N2O4/c1-14-6-5-8-16(12-14)24-11-10-19(2)18(21)13-15-7-3-4-9-17(15)20(22)23/h3-9,12H,10-11,13H2,1-2H3. The summed E-state index contributed by atoms with van der Waals surface area (Å²) in [5.74, 6) is 0.576. The van der Waals surface area contributed by atoms with E-state index in [1.54, 1.807) is 25.2 Å². The molecule has 0 saturated heterocycles. The average Bonchev–Trinajstić information content (AvgIpc) is 2.55. The van der Waals surface area contributed by atoms with Gasteiger partial charge in [-0.15, -0.1) is 0 Å². The first-order valence-electron chi connectivity index (χ1n) is 7.63. The third kappa shape index (κ3) is 4.81. The minimum absolute atomic E-state index is 0.00189. The number of benzene rings is 2. The lowest BCUT2D eigenvalue weighted by Gasteiger charge is -2.17. The fourth-order valence-electron chi connectivity index (χ4n) is 2.27. The van der Waals surface area contributed by atoms with E-state index in [2.05, 4.69) is 0 Å². The second-order valence-corrected chi connectivity index (χ2v) is 5.54. The summed E-state index contributed by atoms with van der Waals surface area (Å²) >= 11 is 0. The predicted octanol–water partition coefficient (Wildman–Crippen LogP) is 2.98. The molecule has 6 nitrogen and oxygen atoms in total. The van der Waals surface area contributed by atoms with Gasteiger partial charge in [0.05, 0.1) is 17.9 Å². The van der Waals surface area contributed by atoms with E-state index >= 15 is 0 Å². The second-order valence-electron chi connectivity index (χ2n) is 5.54. The Morgan fingerprint density at radius 3 is 2.67 bits per heavy atom. The molecule has 2 rings (SSSR count). The van der Waals surface area contributed by atoms with Crippen molar-refractivity contribution < 1.29 is 14.5 Å². The molecule has 0 atom stereocenters. The molecule has 0 heterocycles. The number of hydrogen-bond donors (Lipinski definition) is 0. The Labute approximate surface area is 140 Å². The zero-order valence-corrected chi connectivity index (χ0v) is 13.8. The Morgan fingerprint density at radius 1 is 1.21 bits per heavy atom. The number of ether oxygens (including phenoxy) is 1.